The molecule has 5 nitrogen and oxygen atoms in total. The summed E-state index contributed by atoms with van der Waals surface area (Å²) in [6.07, 6.45) is 3.61. The second-order valence-corrected chi connectivity index (χ2v) is 6.54. The minimum absolute atomic E-state index is 0.0868. The minimum Gasteiger partial charge on any atom is -0.481 e. The van der Waals surface area contributed by atoms with Crippen molar-refractivity contribution in [1.29, 1.82) is 0 Å². The number of rotatable bonds is 5. The number of carbonyl (C=O) groups is 2. The van der Waals surface area contributed by atoms with Gasteiger partial charge in [0.25, 0.3) is 0 Å². The van der Waals surface area contributed by atoms with Gasteiger partial charge in [-0.2, -0.15) is 0 Å². The van der Waals surface area contributed by atoms with Gasteiger partial charge in [0.2, 0.25) is 5.91 Å². The molecule has 1 rings (SSSR count). The van der Waals surface area contributed by atoms with Crippen molar-refractivity contribution in [1.82, 2.24) is 5.32 Å². The highest BCUT2D eigenvalue weighted by Crippen LogP contribution is 2.38. The van der Waals surface area contributed by atoms with Crippen LogP contribution in [0.2, 0.25) is 0 Å². The van der Waals surface area contributed by atoms with Gasteiger partial charge in [0.15, 0.2) is 0 Å². The molecule has 0 radical (unpaired) electrons. The number of carboxylic acid groups (broad SMARTS) is 1. The summed E-state index contributed by atoms with van der Waals surface area (Å²) >= 11 is 0. The van der Waals surface area contributed by atoms with Crippen LogP contribution >= 0.6 is 0 Å². The van der Waals surface area contributed by atoms with Crippen LogP contribution in [0.3, 0.4) is 0 Å². The van der Waals surface area contributed by atoms with Gasteiger partial charge < -0.3 is 16.2 Å². The van der Waals surface area contributed by atoms with Gasteiger partial charge in [0.05, 0.1) is 10.8 Å². The van der Waals surface area contributed by atoms with Crippen molar-refractivity contribution in [2.75, 3.05) is 13.1 Å². The molecule has 0 atom stereocenters. The van der Waals surface area contributed by atoms with Gasteiger partial charge in [-0.3, -0.25) is 9.59 Å². The van der Waals surface area contributed by atoms with Crippen molar-refractivity contribution in [3.63, 3.8) is 0 Å². The lowest BCUT2D eigenvalue weighted by Crippen LogP contribution is -2.50. The minimum atomic E-state index is -0.951. The van der Waals surface area contributed by atoms with Crippen LogP contribution in [0, 0.1) is 16.7 Å². The molecular weight excluding hydrogens is 244 g/mol. The highest BCUT2D eigenvalue weighted by molar-refractivity contribution is 5.84. The summed E-state index contributed by atoms with van der Waals surface area (Å²) in [6.45, 7) is 5.87. The number of nitrogens with one attached hydrogen (secondary N) is 1. The molecule has 0 unspecified atom stereocenters. The lowest BCUT2D eigenvalue weighted by Gasteiger charge is -2.37. The second kappa shape index (κ2) is 5.90. The first-order chi connectivity index (χ1) is 8.73. The monoisotopic (exact) mass is 270 g/mol. The third kappa shape index (κ3) is 3.69. The van der Waals surface area contributed by atoms with E-state index in [-0.39, 0.29) is 12.5 Å². The second-order valence-electron chi connectivity index (χ2n) is 6.54. The number of hydrogen-bond acceptors (Lipinski definition) is 3. The van der Waals surface area contributed by atoms with Crippen LogP contribution in [0.25, 0.3) is 0 Å². The summed E-state index contributed by atoms with van der Waals surface area (Å²) in [4.78, 5) is 23.4. The molecular formula is C14H26N2O3. The molecule has 5 heteroatoms. The first kappa shape index (κ1) is 16.0. The Balaban J connectivity index is 2.63. The fraction of sp³-hybridized carbons (Fsp3) is 0.857. The molecule has 0 spiro atoms. The van der Waals surface area contributed by atoms with Crippen LogP contribution in [0.15, 0.2) is 0 Å². The number of carbonyl (C=O) groups excluding carboxylic acids is 1. The van der Waals surface area contributed by atoms with E-state index in [0.29, 0.717) is 12.5 Å². The van der Waals surface area contributed by atoms with E-state index in [1.54, 1.807) is 13.8 Å². The maximum Gasteiger partial charge on any atom is 0.310 e. The Morgan fingerprint density at radius 3 is 2.32 bits per heavy atom. The summed E-state index contributed by atoms with van der Waals surface area (Å²) in [5.41, 5.74) is 4.36. The van der Waals surface area contributed by atoms with Gasteiger partial charge in [-0.1, -0.05) is 6.92 Å². The zero-order valence-electron chi connectivity index (χ0n) is 12.2. The first-order valence-corrected chi connectivity index (χ1v) is 6.95. The molecule has 0 bridgehead atoms. The maximum atomic E-state index is 12.3. The fourth-order valence-electron chi connectivity index (χ4n) is 2.40. The number of hydrogen-bond donors (Lipinski definition) is 3. The van der Waals surface area contributed by atoms with Gasteiger partial charge in [0.1, 0.15) is 0 Å². The summed E-state index contributed by atoms with van der Waals surface area (Å²) < 4.78 is 0. The Kier molecular flexibility index (Phi) is 4.96. The molecule has 0 aromatic carbocycles. The van der Waals surface area contributed by atoms with Crippen LogP contribution in [0.1, 0.15) is 46.5 Å². The van der Waals surface area contributed by atoms with Gasteiger partial charge in [-0.25, -0.2) is 0 Å². The van der Waals surface area contributed by atoms with Gasteiger partial charge in [-0.15, -0.1) is 0 Å². The molecule has 0 heterocycles. The predicted molar refractivity (Wildman–Crippen MR) is 73.5 cm³/mol. The Morgan fingerprint density at radius 1 is 1.37 bits per heavy atom. The molecule has 0 aromatic rings. The van der Waals surface area contributed by atoms with E-state index >= 15 is 0 Å². The van der Waals surface area contributed by atoms with Gasteiger partial charge >= 0.3 is 5.97 Å². The number of amides is 1. The third-order valence-electron chi connectivity index (χ3n) is 4.37. The lowest BCUT2D eigenvalue weighted by molar-refractivity contribution is -0.147. The molecule has 1 aliphatic carbocycles. The van der Waals surface area contributed by atoms with Crippen LogP contribution in [0.4, 0.5) is 0 Å². The van der Waals surface area contributed by atoms with Gasteiger partial charge in [-0.05, 0) is 45.4 Å². The molecule has 19 heavy (non-hydrogen) atoms. The average Bonchev–Trinajstić information content (AvgIpc) is 2.37. The summed E-state index contributed by atoms with van der Waals surface area (Å²) in [7, 11) is 0. The highest BCUT2D eigenvalue weighted by atomic mass is 16.4. The third-order valence-corrected chi connectivity index (χ3v) is 4.37. The zero-order valence-corrected chi connectivity index (χ0v) is 12.2. The molecule has 1 saturated carbocycles. The van der Waals surface area contributed by atoms with Crippen LogP contribution in [0.5, 0.6) is 0 Å². The number of aliphatic carboxylic acids is 1. The Morgan fingerprint density at radius 2 is 1.89 bits per heavy atom. The fourth-order valence-corrected chi connectivity index (χ4v) is 2.40. The molecule has 4 N–H and O–H groups in total. The topological polar surface area (TPSA) is 92.4 Å². The molecule has 1 amide bonds. The Hall–Kier alpha value is -1.10. The standard InChI is InChI=1S/C14H26N2O3/c1-10-4-6-14(8-15,7-5-10)11(17)16-9-13(2,3)12(18)19/h10H,4-9,15H2,1-3H3,(H,16,17)(H,18,19). The van der Waals surface area contributed by atoms with E-state index in [0.717, 1.165) is 25.7 Å². The van der Waals surface area contributed by atoms with Crippen LogP contribution in [-0.4, -0.2) is 30.1 Å². The summed E-state index contributed by atoms with van der Waals surface area (Å²) in [5, 5.41) is 11.8. The van der Waals surface area contributed by atoms with Crippen molar-refractivity contribution < 1.29 is 14.7 Å². The van der Waals surface area contributed by atoms with E-state index in [9.17, 15) is 9.59 Å². The zero-order chi connectivity index (χ0) is 14.7. The predicted octanol–water partition coefficient (Wildman–Crippen LogP) is 1.37. The quantitative estimate of drug-likeness (QED) is 0.703. The SMILES string of the molecule is CC1CCC(CN)(C(=O)NCC(C)(C)C(=O)O)CC1. The van der Waals surface area contributed by atoms with Gasteiger partial charge in [0, 0.05) is 13.1 Å². The van der Waals surface area contributed by atoms with E-state index in [1.807, 2.05) is 0 Å². The normalized spacial score (nSPS) is 27.9. The average molecular weight is 270 g/mol. The molecule has 1 fully saturated rings. The van der Waals surface area contributed by atoms with Crippen molar-refractivity contribution in [3.05, 3.63) is 0 Å². The summed E-state index contributed by atoms with van der Waals surface area (Å²) in [6, 6.07) is 0. The molecule has 0 saturated heterocycles. The lowest BCUT2D eigenvalue weighted by atomic mass is 9.70. The Bertz CT molecular complexity index is 345. The summed E-state index contributed by atoms with van der Waals surface area (Å²) in [5.74, 6) is -0.356. The largest absolute Gasteiger partial charge is 0.481 e. The molecule has 0 aliphatic heterocycles. The Labute approximate surface area is 114 Å². The van der Waals surface area contributed by atoms with E-state index in [4.69, 9.17) is 10.8 Å². The smallest absolute Gasteiger partial charge is 0.310 e. The first-order valence-electron chi connectivity index (χ1n) is 6.95. The van der Waals surface area contributed by atoms with Crippen LogP contribution in [-0.2, 0) is 9.59 Å². The highest BCUT2D eigenvalue weighted by Gasteiger charge is 2.40. The molecule has 0 aromatic heterocycles. The molecule has 1 aliphatic rings. The van der Waals surface area contributed by atoms with Crippen molar-refractivity contribution in [2.45, 2.75) is 46.5 Å². The maximum absolute atomic E-state index is 12.3. The van der Waals surface area contributed by atoms with Crippen molar-refractivity contribution in [2.24, 2.45) is 22.5 Å². The van der Waals surface area contributed by atoms with E-state index in [1.165, 1.54) is 0 Å². The van der Waals surface area contributed by atoms with Crippen LogP contribution < -0.4 is 11.1 Å². The van der Waals surface area contributed by atoms with E-state index < -0.39 is 16.8 Å². The number of nitrogens with two attached hydrogens (primary N) is 1. The molecule has 110 valence electrons. The number of carboxylic acids is 1. The van der Waals surface area contributed by atoms with Crippen molar-refractivity contribution in [3.8, 4) is 0 Å². The van der Waals surface area contributed by atoms with Crippen molar-refractivity contribution >= 4 is 11.9 Å². The van der Waals surface area contributed by atoms with E-state index in [2.05, 4.69) is 12.2 Å².